The summed E-state index contributed by atoms with van der Waals surface area (Å²) in [6, 6.07) is 0. The molecule has 0 bridgehead atoms. The molecular formula is C14H25N3O3. The molecule has 114 valence electrons. The Morgan fingerprint density at radius 2 is 2.15 bits per heavy atom. The largest absolute Gasteiger partial charge is 0.480 e. The zero-order valence-electron chi connectivity index (χ0n) is 13.0. The predicted molar refractivity (Wildman–Crippen MR) is 76.7 cm³/mol. The van der Waals surface area contributed by atoms with E-state index in [4.69, 9.17) is 9.84 Å². The SMILES string of the molecule is CCC(C)(CCO)NC(=O)COc1c(C)nn(C)c1C. The number of hydrogen-bond acceptors (Lipinski definition) is 4. The molecule has 0 radical (unpaired) electrons. The molecule has 1 aromatic heterocycles. The summed E-state index contributed by atoms with van der Waals surface area (Å²) in [6.07, 6.45) is 1.28. The normalized spacial score (nSPS) is 13.9. The Morgan fingerprint density at radius 3 is 2.60 bits per heavy atom. The Morgan fingerprint density at radius 1 is 1.50 bits per heavy atom. The zero-order valence-corrected chi connectivity index (χ0v) is 13.0. The number of nitrogens with one attached hydrogen (secondary N) is 1. The Balaban J connectivity index is 2.59. The number of carbonyl (C=O) groups excluding carboxylic acids is 1. The fourth-order valence-electron chi connectivity index (χ4n) is 2.05. The summed E-state index contributed by atoms with van der Waals surface area (Å²) in [5.74, 6) is 0.466. The van der Waals surface area contributed by atoms with Gasteiger partial charge in [-0.1, -0.05) is 6.92 Å². The lowest BCUT2D eigenvalue weighted by Gasteiger charge is -2.28. The third kappa shape index (κ3) is 3.96. The number of nitrogens with zero attached hydrogens (tertiary/aromatic N) is 2. The highest BCUT2D eigenvalue weighted by atomic mass is 16.5. The average molecular weight is 283 g/mol. The van der Waals surface area contributed by atoms with Gasteiger partial charge in [-0.2, -0.15) is 5.10 Å². The van der Waals surface area contributed by atoms with Crippen LogP contribution in [0.1, 0.15) is 38.1 Å². The maximum Gasteiger partial charge on any atom is 0.258 e. The Labute approximate surface area is 120 Å². The fraction of sp³-hybridized carbons (Fsp3) is 0.714. The van der Waals surface area contributed by atoms with Crippen molar-refractivity contribution in [2.24, 2.45) is 7.05 Å². The first-order chi connectivity index (χ1) is 9.33. The van der Waals surface area contributed by atoms with Crippen molar-refractivity contribution in [1.82, 2.24) is 15.1 Å². The van der Waals surface area contributed by atoms with E-state index in [1.54, 1.807) is 4.68 Å². The quantitative estimate of drug-likeness (QED) is 0.785. The van der Waals surface area contributed by atoms with Crippen LogP contribution in [-0.4, -0.2) is 39.5 Å². The Hall–Kier alpha value is -1.56. The molecule has 0 aliphatic carbocycles. The van der Waals surface area contributed by atoms with Gasteiger partial charge >= 0.3 is 0 Å². The Bertz CT molecular complexity index is 470. The van der Waals surface area contributed by atoms with Crippen LogP contribution in [0.2, 0.25) is 0 Å². The highest BCUT2D eigenvalue weighted by Gasteiger charge is 2.24. The van der Waals surface area contributed by atoms with E-state index in [1.165, 1.54) is 0 Å². The number of amides is 1. The van der Waals surface area contributed by atoms with Crippen molar-refractivity contribution in [1.29, 1.82) is 0 Å². The second kappa shape index (κ2) is 6.74. The van der Waals surface area contributed by atoms with Gasteiger partial charge in [-0.3, -0.25) is 9.48 Å². The second-order valence-electron chi connectivity index (χ2n) is 5.35. The number of aryl methyl sites for hydroxylation is 2. The molecule has 0 saturated heterocycles. The first-order valence-electron chi connectivity index (χ1n) is 6.88. The summed E-state index contributed by atoms with van der Waals surface area (Å²) >= 11 is 0. The van der Waals surface area contributed by atoms with E-state index in [0.29, 0.717) is 12.2 Å². The Kier molecular flexibility index (Phi) is 5.56. The van der Waals surface area contributed by atoms with Crippen molar-refractivity contribution >= 4 is 5.91 Å². The van der Waals surface area contributed by atoms with E-state index in [2.05, 4.69) is 10.4 Å². The topological polar surface area (TPSA) is 76.4 Å². The molecule has 0 aliphatic rings. The number of hydrogen-bond donors (Lipinski definition) is 2. The second-order valence-corrected chi connectivity index (χ2v) is 5.35. The standard InChI is InChI=1S/C14H25N3O3/c1-6-14(4,7-8-18)15-12(19)9-20-13-10(2)16-17(5)11(13)3/h18H,6-9H2,1-5H3,(H,15,19). The van der Waals surface area contributed by atoms with Crippen molar-refractivity contribution in [2.75, 3.05) is 13.2 Å². The van der Waals surface area contributed by atoms with Gasteiger partial charge in [0.05, 0.1) is 5.69 Å². The third-order valence-corrected chi connectivity index (χ3v) is 3.68. The van der Waals surface area contributed by atoms with Crippen LogP contribution in [0, 0.1) is 13.8 Å². The molecular weight excluding hydrogens is 258 g/mol. The average Bonchev–Trinajstić information content (AvgIpc) is 2.61. The lowest BCUT2D eigenvalue weighted by molar-refractivity contribution is -0.125. The smallest absolute Gasteiger partial charge is 0.258 e. The zero-order chi connectivity index (χ0) is 15.3. The van der Waals surface area contributed by atoms with E-state index in [0.717, 1.165) is 17.8 Å². The van der Waals surface area contributed by atoms with Crippen LogP contribution in [0.15, 0.2) is 0 Å². The van der Waals surface area contributed by atoms with Gasteiger partial charge < -0.3 is 15.2 Å². The number of aliphatic hydroxyl groups is 1. The minimum atomic E-state index is -0.395. The fourth-order valence-corrected chi connectivity index (χ4v) is 2.05. The summed E-state index contributed by atoms with van der Waals surface area (Å²) < 4.78 is 7.29. The molecule has 0 spiro atoms. The molecule has 6 heteroatoms. The predicted octanol–water partition coefficient (Wildman–Crippen LogP) is 1.08. The highest BCUT2D eigenvalue weighted by molar-refractivity contribution is 5.78. The minimum absolute atomic E-state index is 0.0472. The lowest BCUT2D eigenvalue weighted by Crippen LogP contribution is -2.47. The summed E-state index contributed by atoms with van der Waals surface area (Å²) in [5, 5.41) is 16.2. The number of aliphatic hydroxyl groups excluding tert-OH is 1. The van der Waals surface area contributed by atoms with Crippen LogP contribution >= 0.6 is 0 Å². The molecule has 1 amide bonds. The molecule has 1 aromatic rings. The van der Waals surface area contributed by atoms with Gasteiger partial charge in [0.2, 0.25) is 0 Å². The first-order valence-corrected chi connectivity index (χ1v) is 6.88. The molecule has 2 N–H and O–H groups in total. The van der Waals surface area contributed by atoms with Crippen molar-refractivity contribution in [3.8, 4) is 5.75 Å². The minimum Gasteiger partial charge on any atom is -0.480 e. The van der Waals surface area contributed by atoms with Gasteiger partial charge in [0.15, 0.2) is 12.4 Å². The lowest BCUT2D eigenvalue weighted by atomic mass is 9.95. The summed E-state index contributed by atoms with van der Waals surface area (Å²) in [5.41, 5.74) is 1.27. The summed E-state index contributed by atoms with van der Waals surface area (Å²) in [4.78, 5) is 12.0. The molecule has 0 saturated carbocycles. The van der Waals surface area contributed by atoms with E-state index in [9.17, 15) is 4.79 Å². The maximum absolute atomic E-state index is 12.0. The van der Waals surface area contributed by atoms with Gasteiger partial charge in [0.1, 0.15) is 5.69 Å². The van der Waals surface area contributed by atoms with Crippen LogP contribution in [0.5, 0.6) is 5.75 Å². The number of aromatic nitrogens is 2. The van der Waals surface area contributed by atoms with Crippen molar-refractivity contribution < 1.29 is 14.6 Å². The van der Waals surface area contributed by atoms with E-state index >= 15 is 0 Å². The van der Waals surface area contributed by atoms with Gasteiger partial charge in [-0.15, -0.1) is 0 Å². The van der Waals surface area contributed by atoms with E-state index in [-0.39, 0.29) is 19.1 Å². The number of rotatable bonds is 7. The third-order valence-electron chi connectivity index (χ3n) is 3.68. The monoisotopic (exact) mass is 283 g/mol. The molecule has 20 heavy (non-hydrogen) atoms. The van der Waals surface area contributed by atoms with Gasteiger partial charge in [0, 0.05) is 19.2 Å². The van der Waals surface area contributed by atoms with Crippen LogP contribution in [0.4, 0.5) is 0 Å². The molecule has 1 atom stereocenters. The van der Waals surface area contributed by atoms with Crippen molar-refractivity contribution in [3.63, 3.8) is 0 Å². The van der Waals surface area contributed by atoms with Crippen molar-refractivity contribution in [2.45, 2.75) is 46.1 Å². The van der Waals surface area contributed by atoms with Gasteiger partial charge in [0.25, 0.3) is 5.91 Å². The van der Waals surface area contributed by atoms with Crippen LogP contribution in [0.25, 0.3) is 0 Å². The molecule has 6 nitrogen and oxygen atoms in total. The number of carbonyl (C=O) groups is 1. The summed E-state index contributed by atoms with van der Waals surface area (Å²) in [7, 11) is 1.84. The molecule has 1 unspecified atom stereocenters. The van der Waals surface area contributed by atoms with Crippen LogP contribution in [-0.2, 0) is 11.8 Å². The van der Waals surface area contributed by atoms with Crippen molar-refractivity contribution in [3.05, 3.63) is 11.4 Å². The molecule has 1 rings (SSSR count). The van der Waals surface area contributed by atoms with Gasteiger partial charge in [-0.05, 0) is 33.6 Å². The summed E-state index contributed by atoms with van der Waals surface area (Å²) in [6.45, 7) is 7.64. The molecule has 0 fully saturated rings. The maximum atomic E-state index is 12.0. The first kappa shape index (κ1) is 16.5. The molecule has 0 aliphatic heterocycles. The number of ether oxygens (including phenoxy) is 1. The van der Waals surface area contributed by atoms with E-state index < -0.39 is 5.54 Å². The van der Waals surface area contributed by atoms with Gasteiger partial charge in [-0.25, -0.2) is 0 Å². The van der Waals surface area contributed by atoms with Crippen LogP contribution < -0.4 is 10.1 Å². The molecule has 0 aromatic carbocycles. The van der Waals surface area contributed by atoms with E-state index in [1.807, 2.05) is 34.7 Å². The molecule has 1 heterocycles. The highest BCUT2D eigenvalue weighted by Crippen LogP contribution is 2.21. The van der Waals surface area contributed by atoms with Crippen LogP contribution in [0.3, 0.4) is 0 Å².